The minimum atomic E-state index is -0.910. The van der Waals surface area contributed by atoms with Gasteiger partial charge >= 0.3 is 5.97 Å². The average Bonchev–Trinajstić information content (AvgIpc) is 2.73. The fourth-order valence-electron chi connectivity index (χ4n) is 2.50. The van der Waals surface area contributed by atoms with E-state index in [9.17, 15) is 4.79 Å². The van der Waals surface area contributed by atoms with Crippen molar-refractivity contribution in [1.29, 1.82) is 0 Å². The third-order valence-electron chi connectivity index (χ3n) is 4.12. The quantitative estimate of drug-likeness (QED) is 0.912. The molecule has 21 heavy (non-hydrogen) atoms. The van der Waals surface area contributed by atoms with Crippen molar-refractivity contribution in [3.63, 3.8) is 0 Å². The van der Waals surface area contributed by atoms with Crippen molar-refractivity contribution in [3.8, 4) is 0 Å². The standard InChI is InChI=1S/C17H24N2O2/c1-6-7-15-18-13-10-12(16(20)21)8-9-14(13)19(15)11(2)17(3,4)5/h8-11H,6-7H2,1-5H3,(H,20,21). The molecule has 1 heterocycles. The van der Waals surface area contributed by atoms with Gasteiger partial charge in [-0.25, -0.2) is 9.78 Å². The summed E-state index contributed by atoms with van der Waals surface area (Å²) < 4.78 is 2.27. The van der Waals surface area contributed by atoms with Crippen LogP contribution in [-0.4, -0.2) is 20.6 Å². The van der Waals surface area contributed by atoms with Gasteiger partial charge in [0.25, 0.3) is 0 Å². The molecule has 0 saturated carbocycles. The minimum absolute atomic E-state index is 0.113. The maximum atomic E-state index is 11.1. The summed E-state index contributed by atoms with van der Waals surface area (Å²) in [5.74, 6) is 0.129. The van der Waals surface area contributed by atoms with Crippen molar-refractivity contribution >= 4 is 17.0 Å². The molecule has 2 rings (SSSR count). The van der Waals surface area contributed by atoms with Crippen LogP contribution in [0.25, 0.3) is 11.0 Å². The molecule has 0 saturated heterocycles. The molecule has 0 spiro atoms. The molecule has 0 amide bonds. The maximum absolute atomic E-state index is 11.1. The summed E-state index contributed by atoms with van der Waals surface area (Å²) in [5, 5.41) is 9.13. The largest absolute Gasteiger partial charge is 0.478 e. The van der Waals surface area contributed by atoms with E-state index in [0.29, 0.717) is 11.6 Å². The molecule has 1 N–H and O–H groups in total. The third kappa shape index (κ3) is 2.94. The first-order chi connectivity index (χ1) is 9.75. The molecule has 1 unspecified atom stereocenters. The molecular weight excluding hydrogens is 264 g/mol. The summed E-state index contributed by atoms with van der Waals surface area (Å²) in [5.41, 5.74) is 2.20. The Morgan fingerprint density at radius 3 is 2.57 bits per heavy atom. The van der Waals surface area contributed by atoms with Crippen molar-refractivity contribution < 1.29 is 9.90 Å². The first-order valence-electron chi connectivity index (χ1n) is 7.50. The summed E-state index contributed by atoms with van der Waals surface area (Å²) >= 11 is 0. The van der Waals surface area contributed by atoms with Crippen LogP contribution in [0.4, 0.5) is 0 Å². The van der Waals surface area contributed by atoms with Crippen molar-refractivity contribution in [1.82, 2.24) is 9.55 Å². The van der Waals surface area contributed by atoms with Crippen molar-refractivity contribution in [2.45, 2.75) is 53.5 Å². The lowest BCUT2D eigenvalue weighted by Gasteiger charge is -2.30. The molecular formula is C17H24N2O2. The van der Waals surface area contributed by atoms with E-state index in [1.807, 2.05) is 6.07 Å². The minimum Gasteiger partial charge on any atom is -0.478 e. The van der Waals surface area contributed by atoms with E-state index in [-0.39, 0.29) is 5.41 Å². The van der Waals surface area contributed by atoms with Crippen molar-refractivity contribution in [2.75, 3.05) is 0 Å². The molecule has 0 aliphatic heterocycles. The van der Waals surface area contributed by atoms with Crippen molar-refractivity contribution in [3.05, 3.63) is 29.6 Å². The Hall–Kier alpha value is -1.84. The molecule has 0 aliphatic carbocycles. The fraction of sp³-hybridized carbons (Fsp3) is 0.529. The number of fused-ring (bicyclic) bond motifs is 1. The lowest BCUT2D eigenvalue weighted by atomic mass is 9.87. The number of aromatic nitrogens is 2. The van der Waals surface area contributed by atoms with Crippen LogP contribution in [0.15, 0.2) is 18.2 Å². The normalized spacial score (nSPS) is 13.6. The summed E-state index contributed by atoms with van der Waals surface area (Å²) in [4.78, 5) is 15.8. The fourth-order valence-corrected chi connectivity index (χ4v) is 2.50. The molecule has 1 aromatic heterocycles. The number of carbonyl (C=O) groups is 1. The van der Waals surface area contributed by atoms with Crippen LogP contribution < -0.4 is 0 Å². The van der Waals surface area contributed by atoms with Gasteiger partial charge in [0.15, 0.2) is 0 Å². The molecule has 0 bridgehead atoms. The van der Waals surface area contributed by atoms with Gasteiger partial charge in [-0.05, 0) is 37.0 Å². The van der Waals surface area contributed by atoms with E-state index in [1.54, 1.807) is 12.1 Å². The highest BCUT2D eigenvalue weighted by atomic mass is 16.4. The number of hydrogen-bond donors (Lipinski definition) is 1. The highest BCUT2D eigenvalue weighted by Gasteiger charge is 2.25. The smallest absolute Gasteiger partial charge is 0.335 e. The van der Waals surface area contributed by atoms with Crippen LogP contribution >= 0.6 is 0 Å². The summed E-state index contributed by atoms with van der Waals surface area (Å²) in [7, 11) is 0. The molecule has 4 heteroatoms. The Balaban J connectivity index is 2.66. The molecule has 0 aliphatic rings. The predicted molar refractivity (Wildman–Crippen MR) is 84.9 cm³/mol. The zero-order chi connectivity index (χ0) is 15.8. The summed E-state index contributed by atoms with van der Waals surface area (Å²) in [6.45, 7) is 11.0. The predicted octanol–water partition coefficient (Wildman–Crippen LogP) is 4.29. The number of carboxylic acid groups (broad SMARTS) is 1. The van der Waals surface area contributed by atoms with Gasteiger partial charge in [-0.1, -0.05) is 27.7 Å². The first-order valence-corrected chi connectivity index (χ1v) is 7.50. The summed E-state index contributed by atoms with van der Waals surface area (Å²) in [6.07, 6.45) is 1.92. The van der Waals surface area contributed by atoms with E-state index >= 15 is 0 Å². The zero-order valence-electron chi connectivity index (χ0n) is 13.5. The Morgan fingerprint density at radius 2 is 2.05 bits per heavy atom. The topological polar surface area (TPSA) is 55.1 Å². The molecule has 1 aromatic carbocycles. The van der Waals surface area contributed by atoms with Crippen LogP contribution in [0.1, 0.15) is 63.3 Å². The molecule has 0 fully saturated rings. The molecule has 1 atom stereocenters. The second-order valence-corrected chi connectivity index (χ2v) is 6.70. The number of aromatic carboxylic acids is 1. The van der Waals surface area contributed by atoms with Gasteiger partial charge in [0.1, 0.15) is 5.82 Å². The second kappa shape index (κ2) is 5.51. The Labute approximate surface area is 125 Å². The maximum Gasteiger partial charge on any atom is 0.335 e. The van der Waals surface area contributed by atoms with Gasteiger partial charge in [-0.15, -0.1) is 0 Å². The number of hydrogen-bond acceptors (Lipinski definition) is 2. The van der Waals surface area contributed by atoms with Crippen LogP contribution in [0.2, 0.25) is 0 Å². The first kappa shape index (κ1) is 15.5. The van der Waals surface area contributed by atoms with Gasteiger partial charge in [0, 0.05) is 12.5 Å². The number of imidazole rings is 1. The Bertz CT molecular complexity index is 665. The molecule has 0 radical (unpaired) electrons. The van der Waals surface area contributed by atoms with Gasteiger partial charge in [0.2, 0.25) is 0 Å². The van der Waals surface area contributed by atoms with Gasteiger partial charge in [0.05, 0.1) is 16.6 Å². The van der Waals surface area contributed by atoms with Gasteiger partial charge in [-0.3, -0.25) is 0 Å². The van der Waals surface area contributed by atoms with Crippen LogP contribution in [-0.2, 0) is 6.42 Å². The zero-order valence-corrected chi connectivity index (χ0v) is 13.5. The molecule has 2 aromatic rings. The monoisotopic (exact) mass is 288 g/mol. The highest BCUT2D eigenvalue weighted by molar-refractivity contribution is 5.92. The van der Waals surface area contributed by atoms with Gasteiger partial charge < -0.3 is 9.67 Å². The lowest BCUT2D eigenvalue weighted by molar-refractivity contribution is 0.0697. The number of nitrogens with zero attached hydrogens (tertiary/aromatic N) is 2. The SMILES string of the molecule is CCCc1nc2cc(C(=O)O)ccc2n1C(C)C(C)(C)C. The Morgan fingerprint density at radius 1 is 1.38 bits per heavy atom. The van der Waals surface area contributed by atoms with Gasteiger partial charge in [-0.2, -0.15) is 0 Å². The Kier molecular flexibility index (Phi) is 4.08. The van der Waals surface area contributed by atoms with Crippen LogP contribution in [0.3, 0.4) is 0 Å². The number of aryl methyl sites for hydroxylation is 1. The number of benzene rings is 1. The third-order valence-corrected chi connectivity index (χ3v) is 4.12. The van der Waals surface area contributed by atoms with E-state index < -0.39 is 5.97 Å². The molecule has 4 nitrogen and oxygen atoms in total. The molecule has 114 valence electrons. The highest BCUT2D eigenvalue weighted by Crippen LogP contribution is 2.34. The van der Waals surface area contributed by atoms with E-state index in [0.717, 1.165) is 29.7 Å². The van der Waals surface area contributed by atoms with E-state index in [4.69, 9.17) is 5.11 Å². The van der Waals surface area contributed by atoms with E-state index in [2.05, 4.69) is 44.2 Å². The number of carboxylic acids is 1. The average molecular weight is 288 g/mol. The van der Waals surface area contributed by atoms with Crippen LogP contribution in [0, 0.1) is 5.41 Å². The lowest BCUT2D eigenvalue weighted by Crippen LogP contribution is -2.23. The summed E-state index contributed by atoms with van der Waals surface area (Å²) in [6, 6.07) is 5.50. The number of rotatable bonds is 4. The van der Waals surface area contributed by atoms with E-state index in [1.165, 1.54) is 0 Å². The van der Waals surface area contributed by atoms with Crippen LogP contribution in [0.5, 0.6) is 0 Å². The van der Waals surface area contributed by atoms with Crippen molar-refractivity contribution in [2.24, 2.45) is 5.41 Å². The second-order valence-electron chi connectivity index (χ2n) is 6.70.